The zero-order chi connectivity index (χ0) is 24.9. The normalized spacial score (nSPS) is 20.1. The van der Waals surface area contributed by atoms with Gasteiger partial charge in [-0.2, -0.15) is 0 Å². The Morgan fingerprint density at radius 1 is 1.33 bits per heavy atom. The number of benzene rings is 1. The third kappa shape index (κ3) is 7.78. The van der Waals surface area contributed by atoms with Crippen molar-refractivity contribution >= 4 is 27.6 Å². The molecule has 2 rings (SSSR count). The van der Waals surface area contributed by atoms with Crippen molar-refractivity contribution in [2.75, 3.05) is 37.7 Å². The van der Waals surface area contributed by atoms with Crippen molar-refractivity contribution < 1.29 is 27.9 Å². The van der Waals surface area contributed by atoms with Crippen LogP contribution >= 0.6 is 0 Å². The van der Waals surface area contributed by atoms with Crippen LogP contribution in [0.5, 0.6) is 5.75 Å². The first kappa shape index (κ1) is 26.7. The highest BCUT2D eigenvalue weighted by Gasteiger charge is 2.32. The van der Waals surface area contributed by atoms with Gasteiger partial charge in [-0.25, -0.2) is 13.2 Å². The minimum absolute atomic E-state index is 0.0118. The highest BCUT2D eigenvalue weighted by molar-refractivity contribution is 7.92. The summed E-state index contributed by atoms with van der Waals surface area (Å²) in [4.78, 5) is 28.7. The molecule has 0 radical (unpaired) electrons. The Balaban J connectivity index is 2.43. The van der Waals surface area contributed by atoms with Crippen molar-refractivity contribution in [3.05, 3.63) is 23.8 Å². The summed E-state index contributed by atoms with van der Waals surface area (Å²) in [7, 11) is -1.81. The van der Waals surface area contributed by atoms with Gasteiger partial charge in [-0.3, -0.25) is 9.52 Å². The molecule has 3 atom stereocenters. The Labute approximate surface area is 196 Å². The van der Waals surface area contributed by atoms with E-state index >= 15 is 0 Å². The van der Waals surface area contributed by atoms with Crippen molar-refractivity contribution in [2.24, 2.45) is 5.92 Å². The lowest BCUT2D eigenvalue weighted by molar-refractivity contribution is -0.134. The molecule has 1 aromatic rings. The van der Waals surface area contributed by atoms with Gasteiger partial charge in [0.2, 0.25) is 15.9 Å². The van der Waals surface area contributed by atoms with E-state index in [1.165, 1.54) is 0 Å². The Morgan fingerprint density at radius 2 is 2.00 bits per heavy atom. The Hall–Kier alpha value is -2.53. The quantitative estimate of drug-likeness (QED) is 0.535. The Kier molecular flexibility index (Phi) is 8.96. The van der Waals surface area contributed by atoms with Gasteiger partial charge < -0.3 is 25.0 Å². The fourth-order valence-corrected chi connectivity index (χ4v) is 4.19. The largest absolute Gasteiger partial charge is 0.488 e. The lowest BCUT2D eigenvalue weighted by Crippen LogP contribution is -2.49. The number of aliphatic hydroxyl groups is 1. The number of sulfonamides is 1. The third-order valence-electron chi connectivity index (χ3n) is 5.43. The average molecular weight is 485 g/mol. The molecule has 10 nitrogen and oxygen atoms in total. The number of anilines is 1. The van der Waals surface area contributed by atoms with Gasteiger partial charge in [0.25, 0.3) is 0 Å². The van der Waals surface area contributed by atoms with Gasteiger partial charge in [0.05, 0.1) is 31.9 Å². The van der Waals surface area contributed by atoms with Crippen LogP contribution in [0.3, 0.4) is 0 Å². The molecule has 11 heteroatoms. The molecule has 186 valence electrons. The molecule has 3 amide bonds. The molecule has 0 aliphatic carbocycles. The molecule has 33 heavy (non-hydrogen) atoms. The van der Waals surface area contributed by atoms with E-state index < -0.39 is 22.2 Å². The fraction of sp³-hybridized carbons (Fsp3) is 0.636. The number of likely N-dealkylation sites (N-methyl/N-ethyl adjacent to an activating group) is 1. The number of ether oxygens (including phenoxy) is 1. The zero-order valence-electron chi connectivity index (χ0n) is 20.2. The van der Waals surface area contributed by atoms with Gasteiger partial charge in [0.1, 0.15) is 11.9 Å². The van der Waals surface area contributed by atoms with Gasteiger partial charge in [0.15, 0.2) is 0 Å². The molecule has 1 aliphatic rings. The summed E-state index contributed by atoms with van der Waals surface area (Å²) in [5.74, 6) is 0.101. The number of aliphatic hydroxyl groups excluding tert-OH is 1. The topological polar surface area (TPSA) is 128 Å². The van der Waals surface area contributed by atoms with Gasteiger partial charge in [-0.05, 0) is 39.0 Å². The van der Waals surface area contributed by atoms with Crippen LogP contribution in [0.1, 0.15) is 33.3 Å². The summed E-state index contributed by atoms with van der Waals surface area (Å²) in [6.45, 7) is 7.89. The standard InChI is InChI=1S/C22H36N4O6S/c1-14(2)23-22(29)25(5)12-20-15(3)11-26(16(4)13-27)21(28)10-17-9-18(24-33(6,30)31)7-8-19(17)32-20/h7-9,14-16,20,24,27H,10-13H2,1-6H3,(H,23,29)/t15-,16+,20+/m0/s1. The van der Waals surface area contributed by atoms with Crippen molar-refractivity contribution in [3.63, 3.8) is 0 Å². The van der Waals surface area contributed by atoms with Crippen LogP contribution in [0.15, 0.2) is 18.2 Å². The highest BCUT2D eigenvalue weighted by atomic mass is 32.2. The van der Waals surface area contributed by atoms with E-state index in [0.29, 0.717) is 23.5 Å². The van der Waals surface area contributed by atoms with E-state index in [0.717, 1.165) is 6.26 Å². The zero-order valence-corrected chi connectivity index (χ0v) is 21.0. The number of fused-ring (bicyclic) bond motifs is 1. The molecule has 0 saturated carbocycles. The molecule has 3 N–H and O–H groups in total. The van der Waals surface area contributed by atoms with Crippen LogP contribution in [-0.4, -0.2) is 86.4 Å². The molecule has 0 bridgehead atoms. The summed E-state index contributed by atoms with van der Waals surface area (Å²) in [5, 5.41) is 12.5. The molecular weight excluding hydrogens is 448 g/mol. The Bertz CT molecular complexity index is 952. The van der Waals surface area contributed by atoms with Crippen LogP contribution in [0.2, 0.25) is 0 Å². The maximum Gasteiger partial charge on any atom is 0.317 e. The van der Waals surface area contributed by atoms with Crippen molar-refractivity contribution in [1.82, 2.24) is 15.1 Å². The smallest absolute Gasteiger partial charge is 0.317 e. The minimum atomic E-state index is -3.49. The number of amides is 3. The van der Waals surface area contributed by atoms with Crippen molar-refractivity contribution in [1.29, 1.82) is 0 Å². The number of urea groups is 1. The number of hydrogen-bond donors (Lipinski definition) is 3. The molecule has 0 aromatic heterocycles. The molecule has 1 aromatic carbocycles. The van der Waals surface area contributed by atoms with E-state index in [1.807, 2.05) is 20.8 Å². The molecule has 0 spiro atoms. The Morgan fingerprint density at radius 3 is 2.58 bits per heavy atom. The predicted molar refractivity (Wildman–Crippen MR) is 127 cm³/mol. The number of carbonyl (C=O) groups is 2. The van der Waals surface area contributed by atoms with Crippen LogP contribution < -0.4 is 14.8 Å². The number of hydrogen-bond acceptors (Lipinski definition) is 6. The molecule has 0 saturated heterocycles. The second kappa shape index (κ2) is 11.1. The lowest BCUT2D eigenvalue weighted by Gasteiger charge is -2.34. The fourth-order valence-electron chi connectivity index (χ4n) is 3.63. The van der Waals surface area contributed by atoms with Crippen molar-refractivity contribution in [2.45, 2.75) is 52.3 Å². The van der Waals surface area contributed by atoms with Gasteiger partial charge in [-0.15, -0.1) is 0 Å². The SMILES string of the molecule is CC(C)NC(=O)N(C)C[C@H]1Oc2ccc(NS(C)(=O)=O)cc2CC(=O)N([C@H](C)CO)C[C@@H]1C. The van der Waals surface area contributed by atoms with Crippen molar-refractivity contribution in [3.8, 4) is 5.75 Å². The monoisotopic (exact) mass is 484 g/mol. The second-order valence-electron chi connectivity index (χ2n) is 9.07. The number of nitrogens with zero attached hydrogens (tertiary/aromatic N) is 2. The number of rotatable bonds is 7. The minimum Gasteiger partial charge on any atom is -0.488 e. The van der Waals surface area contributed by atoms with Gasteiger partial charge >= 0.3 is 6.03 Å². The van der Waals surface area contributed by atoms with Gasteiger partial charge in [-0.1, -0.05) is 6.92 Å². The van der Waals surface area contributed by atoms with Gasteiger partial charge in [0, 0.05) is 36.8 Å². The van der Waals surface area contributed by atoms with E-state index in [1.54, 1.807) is 42.0 Å². The lowest BCUT2D eigenvalue weighted by atomic mass is 10.0. The summed E-state index contributed by atoms with van der Waals surface area (Å²) in [5.41, 5.74) is 0.851. The average Bonchev–Trinajstić information content (AvgIpc) is 2.74. The van der Waals surface area contributed by atoms with Crippen LogP contribution in [-0.2, 0) is 21.2 Å². The molecular formula is C22H36N4O6S. The third-order valence-corrected chi connectivity index (χ3v) is 6.04. The van der Waals surface area contributed by atoms with E-state index in [9.17, 15) is 23.1 Å². The molecule has 1 aliphatic heterocycles. The summed E-state index contributed by atoms with van der Waals surface area (Å²) >= 11 is 0. The van der Waals surface area contributed by atoms with E-state index in [-0.39, 0.29) is 43.5 Å². The van der Waals surface area contributed by atoms with Crippen LogP contribution in [0.4, 0.5) is 10.5 Å². The summed E-state index contributed by atoms with van der Waals surface area (Å²) < 4.78 is 32.0. The van der Waals surface area contributed by atoms with E-state index in [2.05, 4.69) is 10.0 Å². The summed E-state index contributed by atoms with van der Waals surface area (Å²) in [6, 6.07) is 4.14. The number of carbonyl (C=O) groups excluding carboxylic acids is 2. The maximum atomic E-state index is 13.1. The molecule has 0 unspecified atom stereocenters. The first-order chi connectivity index (χ1) is 15.3. The second-order valence-corrected chi connectivity index (χ2v) is 10.8. The molecule has 0 fully saturated rings. The number of nitrogens with one attached hydrogen (secondary N) is 2. The van der Waals surface area contributed by atoms with Crippen LogP contribution in [0.25, 0.3) is 0 Å². The first-order valence-electron chi connectivity index (χ1n) is 11.0. The van der Waals surface area contributed by atoms with E-state index in [4.69, 9.17) is 4.74 Å². The maximum absolute atomic E-state index is 13.1. The van der Waals surface area contributed by atoms with Crippen LogP contribution in [0, 0.1) is 5.92 Å². The summed E-state index contributed by atoms with van der Waals surface area (Å²) in [6.07, 6.45) is 0.596. The highest BCUT2D eigenvalue weighted by Crippen LogP contribution is 2.29. The molecule has 1 heterocycles. The predicted octanol–water partition coefficient (Wildman–Crippen LogP) is 1.26. The first-order valence-corrected chi connectivity index (χ1v) is 12.9.